The summed E-state index contributed by atoms with van der Waals surface area (Å²) in [4.78, 5) is 12.6. The molecule has 4 aromatic rings. The molecule has 0 saturated carbocycles. The molecule has 0 bridgehead atoms. The molecule has 30 heavy (non-hydrogen) atoms. The van der Waals surface area contributed by atoms with Crippen LogP contribution >= 0.6 is 15.9 Å². The standard InChI is InChI=1S/C22H17BrFN3O3/c23-16-3-1-2-15(12-16)13-27-21(10-11-25-27)26-22(28)20-9-8-19(30-20)14-29-18-6-4-17(24)5-7-18/h1-12H,13-14H2,(H,26,28). The number of nitrogens with one attached hydrogen (secondary N) is 1. The van der Waals surface area contributed by atoms with Crippen LogP contribution in [0.4, 0.5) is 10.2 Å². The van der Waals surface area contributed by atoms with Crippen LogP contribution < -0.4 is 10.1 Å². The molecule has 1 N–H and O–H groups in total. The largest absolute Gasteiger partial charge is 0.486 e. The minimum atomic E-state index is -0.390. The molecule has 0 aliphatic heterocycles. The first-order valence-electron chi connectivity index (χ1n) is 9.11. The Balaban J connectivity index is 1.38. The van der Waals surface area contributed by atoms with Crippen LogP contribution in [-0.4, -0.2) is 15.7 Å². The maximum Gasteiger partial charge on any atom is 0.292 e. The van der Waals surface area contributed by atoms with E-state index in [4.69, 9.17) is 9.15 Å². The zero-order valence-electron chi connectivity index (χ0n) is 15.7. The van der Waals surface area contributed by atoms with Crippen LogP contribution in [0.2, 0.25) is 0 Å². The topological polar surface area (TPSA) is 69.3 Å². The molecule has 0 radical (unpaired) electrons. The number of nitrogens with zero attached hydrogens (tertiary/aromatic N) is 2. The van der Waals surface area contributed by atoms with Gasteiger partial charge >= 0.3 is 0 Å². The van der Waals surface area contributed by atoms with Gasteiger partial charge in [0, 0.05) is 10.5 Å². The third-order valence-electron chi connectivity index (χ3n) is 4.26. The molecule has 0 aliphatic carbocycles. The second kappa shape index (κ2) is 8.96. The molecule has 0 fully saturated rings. The molecular formula is C22H17BrFN3O3. The summed E-state index contributed by atoms with van der Waals surface area (Å²) in [7, 11) is 0. The van der Waals surface area contributed by atoms with E-state index in [0.29, 0.717) is 23.9 Å². The number of ether oxygens (including phenoxy) is 1. The maximum absolute atomic E-state index is 12.9. The summed E-state index contributed by atoms with van der Waals surface area (Å²) in [5.41, 5.74) is 1.04. The molecule has 0 saturated heterocycles. The average molecular weight is 470 g/mol. The predicted molar refractivity (Wildman–Crippen MR) is 113 cm³/mol. The van der Waals surface area contributed by atoms with E-state index in [1.165, 1.54) is 24.3 Å². The number of benzene rings is 2. The van der Waals surface area contributed by atoms with Crippen LogP contribution in [0.3, 0.4) is 0 Å². The van der Waals surface area contributed by atoms with Gasteiger partial charge < -0.3 is 14.5 Å². The van der Waals surface area contributed by atoms with Crippen LogP contribution in [0.5, 0.6) is 5.75 Å². The molecule has 2 heterocycles. The summed E-state index contributed by atoms with van der Waals surface area (Å²) in [6.45, 7) is 0.636. The monoisotopic (exact) mass is 469 g/mol. The highest BCUT2D eigenvalue weighted by Gasteiger charge is 2.14. The van der Waals surface area contributed by atoms with E-state index in [9.17, 15) is 9.18 Å². The molecule has 6 nitrogen and oxygen atoms in total. The number of hydrogen-bond donors (Lipinski definition) is 1. The lowest BCUT2D eigenvalue weighted by Gasteiger charge is -2.08. The Bertz CT molecular complexity index is 1150. The number of furan rings is 1. The molecule has 4 rings (SSSR count). The molecule has 0 unspecified atom stereocenters. The fourth-order valence-corrected chi connectivity index (χ4v) is 3.26. The van der Waals surface area contributed by atoms with Gasteiger partial charge in [0.15, 0.2) is 5.76 Å². The lowest BCUT2D eigenvalue weighted by molar-refractivity contribution is 0.0991. The first-order valence-corrected chi connectivity index (χ1v) is 9.91. The van der Waals surface area contributed by atoms with Gasteiger partial charge in [-0.25, -0.2) is 9.07 Å². The fourth-order valence-electron chi connectivity index (χ4n) is 2.81. The van der Waals surface area contributed by atoms with Gasteiger partial charge in [-0.3, -0.25) is 4.79 Å². The number of aromatic nitrogens is 2. The molecule has 1 amide bonds. The van der Waals surface area contributed by atoms with Gasteiger partial charge in [-0.15, -0.1) is 0 Å². The molecule has 0 aliphatic rings. The van der Waals surface area contributed by atoms with Crippen LogP contribution in [0.1, 0.15) is 21.9 Å². The minimum Gasteiger partial charge on any atom is -0.486 e. The second-order valence-corrected chi connectivity index (χ2v) is 7.38. The van der Waals surface area contributed by atoms with Crippen molar-refractivity contribution in [3.05, 3.63) is 100 Å². The summed E-state index contributed by atoms with van der Waals surface area (Å²) < 4.78 is 26.7. The summed E-state index contributed by atoms with van der Waals surface area (Å²) in [5, 5.41) is 7.08. The van der Waals surface area contributed by atoms with E-state index in [-0.39, 0.29) is 24.1 Å². The van der Waals surface area contributed by atoms with Crippen molar-refractivity contribution in [2.75, 3.05) is 5.32 Å². The van der Waals surface area contributed by atoms with Crippen molar-refractivity contribution >= 4 is 27.7 Å². The maximum atomic E-state index is 12.9. The SMILES string of the molecule is O=C(Nc1ccnn1Cc1cccc(Br)c1)c1ccc(COc2ccc(F)cc2)o1. The highest BCUT2D eigenvalue weighted by atomic mass is 79.9. The van der Waals surface area contributed by atoms with Crippen LogP contribution in [0.15, 0.2) is 81.8 Å². The molecule has 0 spiro atoms. The van der Waals surface area contributed by atoms with Gasteiger partial charge in [-0.05, 0) is 54.1 Å². The first kappa shape index (κ1) is 19.9. The van der Waals surface area contributed by atoms with Crippen LogP contribution in [0, 0.1) is 5.82 Å². The summed E-state index contributed by atoms with van der Waals surface area (Å²) >= 11 is 3.45. The number of anilines is 1. The molecule has 2 aromatic carbocycles. The van der Waals surface area contributed by atoms with E-state index in [0.717, 1.165) is 10.0 Å². The highest BCUT2D eigenvalue weighted by Crippen LogP contribution is 2.18. The molecular weight excluding hydrogens is 453 g/mol. The van der Waals surface area contributed by atoms with Gasteiger partial charge in [0.1, 0.15) is 29.8 Å². The smallest absolute Gasteiger partial charge is 0.292 e. The number of hydrogen-bond acceptors (Lipinski definition) is 4. The van der Waals surface area contributed by atoms with Gasteiger partial charge in [-0.1, -0.05) is 28.1 Å². The highest BCUT2D eigenvalue weighted by molar-refractivity contribution is 9.10. The Kier molecular flexibility index (Phi) is 5.94. The van der Waals surface area contributed by atoms with Crippen LogP contribution in [0.25, 0.3) is 0 Å². The van der Waals surface area contributed by atoms with E-state index in [1.54, 1.807) is 29.1 Å². The summed E-state index contributed by atoms with van der Waals surface area (Å²) in [5.74, 6) is 0.975. The van der Waals surface area contributed by atoms with E-state index < -0.39 is 0 Å². The number of rotatable bonds is 7. The Morgan fingerprint density at radius 1 is 1.13 bits per heavy atom. The fraction of sp³-hybridized carbons (Fsp3) is 0.0909. The van der Waals surface area contributed by atoms with Gasteiger partial charge in [-0.2, -0.15) is 5.10 Å². The Hall–Kier alpha value is -3.39. The summed E-state index contributed by atoms with van der Waals surface area (Å²) in [6.07, 6.45) is 1.62. The molecule has 8 heteroatoms. The van der Waals surface area contributed by atoms with Crippen molar-refractivity contribution in [2.45, 2.75) is 13.2 Å². The van der Waals surface area contributed by atoms with Crippen molar-refractivity contribution in [1.29, 1.82) is 0 Å². The van der Waals surface area contributed by atoms with Crippen molar-refractivity contribution < 1.29 is 18.3 Å². The third kappa shape index (κ3) is 4.96. The normalized spacial score (nSPS) is 10.7. The zero-order valence-corrected chi connectivity index (χ0v) is 17.3. The zero-order chi connectivity index (χ0) is 20.9. The van der Waals surface area contributed by atoms with E-state index in [2.05, 4.69) is 26.3 Å². The van der Waals surface area contributed by atoms with Crippen molar-refractivity contribution in [2.24, 2.45) is 0 Å². The van der Waals surface area contributed by atoms with Crippen molar-refractivity contribution in [1.82, 2.24) is 9.78 Å². The van der Waals surface area contributed by atoms with Crippen LogP contribution in [-0.2, 0) is 13.2 Å². The molecule has 152 valence electrons. The lowest BCUT2D eigenvalue weighted by Crippen LogP contribution is -2.15. The third-order valence-corrected chi connectivity index (χ3v) is 4.75. The summed E-state index contributed by atoms with van der Waals surface area (Å²) in [6, 6.07) is 18.5. The van der Waals surface area contributed by atoms with E-state index in [1.807, 2.05) is 24.3 Å². The molecule has 2 aromatic heterocycles. The average Bonchev–Trinajstić information content (AvgIpc) is 3.37. The quantitative estimate of drug-likeness (QED) is 0.400. The Morgan fingerprint density at radius 3 is 2.77 bits per heavy atom. The van der Waals surface area contributed by atoms with Crippen molar-refractivity contribution in [3.8, 4) is 5.75 Å². The van der Waals surface area contributed by atoms with Gasteiger partial charge in [0.25, 0.3) is 5.91 Å². The van der Waals surface area contributed by atoms with Crippen molar-refractivity contribution in [3.63, 3.8) is 0 Å². The number of amides is 1. The Morgan fingerprint density at radius 2 is 1.97 bits per heavy atom. The first-order chi connectivity index (χ1) is 14.6. The number of carbonyl (C=O) groups is 1. The van der Waals surface area contributed by atoms with Gasteiger partial charge in [0.2, 0.25) is 0 Å². The number of carbonyl (C=O) groups excluding carboxylic acids is 1. The van der Waals surface area contributed by atoms with Gasteiger partial charge in [0.05, 0.1) is 12.7 Å². The molecule has 0 atom stereocenters. The number of halogens is 2. The predicted octanol–water partition coefficient (Wildman–Crippen LogP) is 5.26. The minimum absolute atomic E-state index is 0.125. The lowest BCUT2D eigenvalue weighted by atomic mass is 10.2. The Labute approximate surface area is 180 Å². The second-order valence-electron chi connectivity index (χ2n) is 6.47. The van der Waals surface area contributed by atoms with E-state index >= 15 is 0 Å².